The lowest BCUT2D eigenvalue weighted by Crippen LogP contribution is -2.48. The second kappa shape index (κ2) is 7.09. The van der Waals surface area contributed by atoms with Crippen molar-refractivity contribution < 1.29 is 14.3 Å². The van der Waals surface area contributed by atoms with E-state index >= 15 is 0 Å². The summed E-state index contributed by atoms with van der Waals surface area (Å²) in [7, 11) is 0. The van der Waals surface area contributed by atoms with Crippen molar-refractivity contribution in [3.05, 3.63) is 36.5 Å². The SMILES string of the molecule is CCNC(=O)NNC(=O)COc1cccc2cccnc12. The van der Waals surface area contributed by atoms with Crippen molar-refractivity contribution in [3.63, 3.8) is 0 Å². The molecular weight excluding hydrogens is 272 g/mol. The molecule has 0 atom stereocenters. The molecule has 3 N–H and O–H groups in total. The molecule has 0 aliphatic carbocycles. The zero-order chi connectivity index (χ0) is 15.1. The van der Waals surface area contributed by atoms with Crippen LogP contribution in [0.5, 0.6) is 5.75 Å². The van der Waals surface area contributed by atoms with Crippen LogP contribution in [-0.4, -0.2) is 30.1 Å². The van der Waals surface area contributed by atoms with Gasteiger partial charge < -0.3 is 10.1 Å². The first-order valence-corrected chi connectivity index (χ1v) is 6.50. The van der Waals surface area contributed by atoms with Gasteiger partial charge in [0.15, 0.2) is 6.61 Å². The number of hydrogen-bond donors (Lipinski definition) is 3. The summed E-state index contributed by atoms with van der Waals surface area (Å²) in [5.41, 5.74) is 5.14. The fourth-order valence-electron chi connectivity index (χ4n) is 1.70. The minimum absolute atomic E-state index is 0.220. The van der Waals surface area contributed by atoms with E-state index in [0.29, 0.717) is 17.8 Å². The Balaban J connectivity index is 1.90. The lowest BCUT2D eigenvalue weighted by atomic mass is 10.2. The Bertz CT molecular complexity index is 640. The molecule has 0 saturated heterocycles. The molecule has 0 saturated carbocycles. The van der Waals surface area contributed by atoms with E-state index in [1.165, 1.54) is 0 Å². The van der Waals surface area contributed by atoms with Crippen LogP contribution < -0.4 is 20.9 Å². The second-order valence-corrected chi connectivity index (χ2v) is 4.15. The Morgan fingerprint density at radius 3 is 2.81 bits per heavy atom. The molecule has 7 nitrogen and oxygen atoms in total. The number of pyridine rings is 1. The Hall–Kier alpha value is -2.83. The molecule has 1 heterocycles. The molecule has 3 amide bonds. The van der Waals surface area contributed by atoms with E-state index in [1.54, 1.807) is 19.2 Å². The number of nitrogens with one attached hydrogen (secondary N) is 3. The lowest BCUT2D eigenvalue weighted by Gasteiger charge is -2.10. The van der Waals surface area contributed by atoms with Crippen LogP contribution in [0.15, 0.2) is 36.5 Å². The van der Waals surface area contributed by atoms with Gasteiger partial charge in [0.25, 0.3) is 5.91 Å². The highest BCUT2D eigenvalue weighted by atomic mass is 16.5. The normalized spacial score (nSPS) is 9.95. The monoisotopic (exact) mass is 288 g/mol. The topological polar surface area (TPSA) is 92.4 Å². The van der Waals surface area contributed by atoms with Gasteiger partial charge >= 0.3 is 6.03 Å². The summed E-state index contributed by atoms with van der Waals surface area (Å²) in [4.78, 5) is 26.9. The summed E-state index contributed by atoms with van der Waals surface area (Å²) in [6, 6.07) is 8.73. The second-order valence-electron chi connectivity index (χ2n) is 4.15. The third-order valence-corrected chi connectivity index (χ3v) is 2.61. The molecule has 0 fully saturated rings. The maximum absolute atomic E-state index is 11.6. The number of ether oxygens (including phenoxy) is 1. The van der Waals surface area contributed by atoms with Crippen LogP contribution in [0.25, 0.3) is 10.9 Å². The molecule has 1 aromatic heterocycles. The fraction of sp³-hybridized carbons (Fsp3) is 0.214. The number of urea groups is 1. The van der Waals surface area contributed by atoms with Crippen molar-refractivity contribution in [1.29, 1.82) is 0 Å². The summed E-state index contributed by atoms with van der Waals surface area (Å²) >= 11 is 0. The van der Waals surface area contributed by atoms with Gasteiger partial charge in [-0.2, -0.15) is 0 Å². The van der Waals surface area contributed by atoms with Crippen molar-refractivity contribution >= 4 is 22.8 Å². The zero-order valence-electron chi connectivity index (χ0n) is 11.6. The molecular formula is C14H16N4O3. The van der Waals surface area contributed by atoms with Gasteiger partial charge in [0, 0.05) is 18.1 Å². The Morgan fingerprint density at radius 1 is 1.19 bits per heavy atom. The number of carbonyl (C=O) groups is 2. The molecule has 0 bridgehead atoms. The Labute approximate surface area is 121 Å². The van der Waals surface area contributed by atoms with Crippen molar-refractivity contribution in [1.82, 2.24) is 21.2 Å². The number of para-hydroxylation sites is 1. The Kier molecular flexibility index (Phi) is 4.92. The molecule has 21 heavy (non-hydrogen) atoms. The van der Waals surface area contributed by atoms with Crippen molar-refractivity contribution in [2.24, 2.45) is 0 Å². The molecule has 0 aliphatic rings. The van der Waals surface area contributed by atoms with Crippen LogP contribution in [0.4, 0.5) is 4.79 Å². The van der Waals surface area contributed by atoms with Crippen molar-refractivity contribution in [2.75, 3.05) is 13.2 Å². The molecule has 110 valence electrons. The van der Waals surface area contributed by atoms with Crippen LogP contribution >= 0.6 is 0 Å². The summed E-state index contributed by atoms with van der Waals surface area (Å²) in [6.07, 6.45) is 1.66. The number of fused-ring (bicyclic) bond motifs is 1. The molecule has 0 radical (unpaired) electrons. The van der Waals surface area contributed by atoms with E-state index in [4.69, 9.17) is 4.74 Å². The lowest BCUT2D eigenvalue weighted by molar-refractivity contribution is -0.123. The molecule has 7 heteroatoms. The molecule has 0 aliphatic heterocycles. The largest absolute Gasteiger partial charge is 0.481 e. The highest BCUT2D eigenvalue weighted by Crippen LogP contribution is 2.22. The van der Waals surface area contributed by atoms with E-state index in [2.05, 4.69) is 21.2 Å². The summed E-state index contributed by atoms with van der Waals surface area (Å²) in [5.74, 6) is 0.0513. The van der Waals surface area contributed by atoms with Crippen LogP contribution in [0.2, 0.25) is 0 Å². The van der Waals surface area contributed by atoms with Gasteiger partial charge in [-0.3, -0.25) is 15.2 Å². The summed E-state index contributed by atoms with van der Waals surface area (Å²) < 4.78 is 5.43. The molecule has 2 aromatic rings. The molecule has 2 rings (SSSR count). The number of benzene rings is 1. The average Bonchev–Trinajstić information content (AvgIpc) is 2.51. The number of hydrogen-bond acceptors (Lipinski definition) is 4. The molecule has 0 spiro atoms. The highest BCUT2D eigenvalue weighted by molar-refractivity contribution is 5.85. The average molecular weight is 288 g/mol. The van der Waals surface area contributed by atoms with Gasteiger partial charge in [0.1, 0.15) is 11.3 Å². The number of aromatic nitrogens is 1. The number of amides is 3. The number of carbonyl (C=O) groups excluding carboxylic acids is 2. The number of nitrogens with zero attached hydrogens (tertiary/aromatic N) is 1. The molecule has 0 unspecified atom stereocenters. The summed E-state index contributed by atoms with van der Waals surface area (Å²) in [5, 5.41) is 3.41. The van der Waals surface area contributed by atoms with Gasteiger partial charge in [-0.1, -0.05) is 18.2 Å². The maximum Gasteiger partial charge on any atom is 0.333 e. The van der Waals surface area contributed by atoms with Gasteiger partial charge in [-0.15, -0.1) is 0 Å². The minimum Gasteiger partial charge on any atom is -0.481 e. The van der Waals surface area contributed by atoms with E-state index in [9.17, 15) is 9.59 Å². The van der Waals surface area contributed by atoms with E-state index in [0.717, 1.165) is 5.39 Å². The zero-order valence-corrected chi connectivity index (χ0v) is 11.6. The highest BCUT2D eigenvalue weighted by Gasteiger charge is 2.07. The number of rotatable bonds is 4. The first-order chi connectivity index (χ1) is 10.2. The van der Waals surface area contributed by atoms with E-state index in [1.807, 2.05) is 24.3 Å². The minimum atomic E-state index is -0.474. The first-order valence-electron chi connectivity index (χ1n) is 6.50. The van der Waals surface area contributed by atoms with Gasteiger partial charge in [-0.25, -0.2) is 10.2 Å². The van der Waals surface area contributed by atoms with E-state index < -0.39 is 11.9 Å². The number of hydrazine groups is 1. The van der Waals surface area contributed by atoms with Gasteiger partial charge in [0.2, 0.25) is 0 Å². The predicted octanol–water partition coefficient (Wildman–Crippen LogP) is 0.964. The maximum atomic E-state index is 11.6. The molecule has 1 aromatic carbocycles. The van der Waals surface area contributed by atoms with Gasteiger partial charge in [0.05, 0.1) is 0 Å². The van der Waals surface area contributed by atoms with Crippen molar-refractivity contribution in [2.45, 2.75) is 6.92 Å². The van der Waals surface area contributed by atoms with Gasteiger partial charge in [-0.05, 0) is 19.1 Å². The summed E-state index contributed by atoms with van der Waals surface area (Å²) in [6.45, 7) is 2.03. The fourth-order valence-corrected chi connectivity index (χ4v) is 1.70. The third kappa shape index (κ3) is 4.07. The van der Waals surface area contributed by atoms with Crippen molar-refractivity contribution in [3.8, 4) is 5.75 Å². The van der Waals surface area contributed by atoms with E-state index in [-0.39, 0.29) is 6.61 Å². The Morgan fingerprint density at radius 2 is 2.00 bits per heavy atom. The quantitative estimate of drug-likeness (QED) is 0.731. The van der Waals surface area contributed by atoms with Crippen LogP contribution in [0.1, 0.15) is 6.92 Å². The van der Waals surface area contributed by atoms with Crippen LogP contribution in [0, 0.1) is 0 Å². The van der Waals surface area contributed by atoms with Crippen LogP contribution in [-0.2, 0) is 4.79 Å². The smallest absolute Gasteiger partial charge is 0.333 e. The van der Waals surface area contributed by atoms with Crippen LogP contribution in [0.3, 0.4) is 0 Å². The first kappa shape index (κ1) is 14.6. The standard InChI is InChI=1S/C14H16N4O3/c1-2-15-14(20)18-17-12(19)9-21-11-7-3-5-10-6-4-8-16-13(10)11/h3-8H,2,9H2,1H3,(H,17,19)(H2,15,18,20). The predicted molar refractivity (Wildman–Crippen MR) is 77.6 cm³/mol. The third-order valence-electron chi connectivity index (χ3n) is 2.61.